The highest BCUT2D eigenvalue weighted by Crippen LogP contribution is 2.24. The van der Waals surface area contributed by atoms with Crippen LogP contribution >= 0.6 is 0 Å². The molecule has 0 radical (unpaired) electrons. The predicted molar refractivity (Wildman–Crippen MR) is 64.8 cm³/mol. The smallest absolute Gasteiger partial charge is 0.150 e. The van der Waals surface area contributed by atoms with Crippen molar-refractivity contribution in [2.75, 3.05) is 6.54 Å². The molecule has 0 atom stereocenters. The van der Waals surface area contributed by atoms with Crippen molar-refractivity contribution in [1.29, 1.82) is 0 Å². The van der Waals surface area contributed by atoms with Crippen LogP contribution in [-0.2, 0) is 13.1 Å². The lowest BCUT2D eigenvalue weighted by molar-refractivity contribution is 0.112. The van der Waals surface area contributed by atoms with E-state index < -0.39 is 0 Å². The minimum atomic E-state index is 0.702. The number of fused-ring (bicyclic) bond motifs is 1. The lowest BCUT2D eigenvalue weighted by Crippen LogP contribution is -2.28. The summed E-state index contributed by atoms with van der Waals surface area (Å²) in [4.78, 5) is 10.6. The van der Waals surface area contributed by atoms with E-state index in [0.29, 0.717) is 5.56 Å². The molecule has 0 bridgehead atoms. The van der Waals surface area contributed by atoms with Gasteiger partial charge >= 0.3 is 0 Å². The Kier molecular flexibility index (Phi) is 2.49. The minimum absolute atomic E-state index is 0.702. The lowest BCUT2D eigenvalue weighted by Gasteiger charge is -2.16. The molecule has 1 aromatic heterocycles. The highest BCUT2D eigenvalue weighted by atomic mass is 16.1. The van der Waals surface area contributed by atoms with Gasteiger partial charge in [0.15, 0.2) is 0 Å². The molecule has 4 heteroatoms. The molecule has 0 saturated carbocycles. The molecule has 2 heterocycles. The number of rotatable bonds is 2. The molecule has 1 aliphatic heterocycles. The van der Waals surface area contributed by atoms with E-state index in [9.17, 15) is 4.79 Å². The third kappa shape index (κ3) is 1.76. The monoisotopic (exact) mass is 227 g/mol. The summed E-state index contributed by atoms with van der Waals surface area (Å²) in [5.74, 6) is 0. The lowest BCUT2D eigenvalue weighted by atomic mass is 10.0. The number of carbonyl (C=O) groups excluding carboxylic acids is 1. The minimum Gasteiger partial charge on any atom is -0.309 e. The molecule has 86 valence electrons. The van der Waals surface area contributed by atoms with Crippen LogP contribution in [0.25, 0.3) is 11.1 Å². The molecule has 2 aromatic rings. The Morgan fingerprint density at radius 2 is 2.12 bits per heavy atom. The van der Waals surface area contributed by atoms with Gasteiger partial charge in [-0.05, 0) is 5.56 Å². The van der Waals surface area contributed by atoms with Gasteiger partial charge in [-0.25, -0.2) is 0 Å². The first-order valence-electron chi connectivity index (χ1n) is 5.69. The van der Waals surface area contributed by atoms with Crippen molar-refractivity contribution in [2.24, 2.45) is 0 Å². The van der Waals surface area contributed by atoms with E-state index in [1.165, 1.54) is 5.69 Å². The summed E-state index contributed by atoms with van der Waals surface area (Å²) in [6, 6.07) is 7.61. The maximum Gasteiger partial charge on any atom is 0.150 e. The number of benzene rings is 1. The summed E-state index contributed by atoms with van der Waals surface area (Å²) >= 11 is 0. The van der Waals surface area contributed by atoms with E-state index in [2.05, 4.69) is 10.4 Å². The highest BCUT2D eigenvalue weighted by molar-refractivity contribution is 5.77. The summed E-state index contributed by atoms with van der Waals surface area (Å²) in [6.07, 6.45) is 2.76. The van der Waals surface area contributed by atoms with Gasteiger partial charge in [0, 0.05) is 24.2 Å². The van der Waals surface area contributed by atoms with Crippen LogP contribution in [0, 0.1) is 0 Å². The number of aromatic nitrogens is 2. The Bertz CT molecular complexity index is 542. The standard InChI is InChI=1S/C13H13N3O/c17-9-10-1-3-11(4-2-10)12-7-15-16-6-5-14-8-13(12)16/h1-4,7,9,14H,5-6,8H2. The Morgan fingerprint density at radius 1 is 1.29 bits per heavy atom. The van der Waals surface area contributed by atoms with Gasteiger partial charge in [0.2, 0.25) is 0 Å². The van der Waals surface area contributed by atoms with E-state index >= 15 is 0 Å². The van der Waals surface area contributed by atoms with E-state index in [4.69, 9.17) is 0 Å². The first-order valence-corrected chi connectivity index (χ1v) is 5.69. The molecule has 0 unspecified atom stereocenters. The molecule has 0 fully saturated rings. The molecule has 1 aliphatic rings. The van der Waals surface area contributed by atoms with Gasteiger partial charge in [-0.3, -0.25) is 9.48 Å². The summed E-state index contributed by atoms with van der Waals surface area (Å²) in [7, 11) is 0. The van der Waals surface area contributed by atoms with Crippen molar-refractivity contribution in [3.63, 3.8) is 0 Å². The highest BCUT2D eigenvalue weighted by Gasteiger charge is 2.15. The summed E-state index contributed by atoms with van der Waals surface area (Å²) in [6.45, 7) is 2.74. The van der Waals surface area contributed by atoms with Crippen molar-refractivity contribution in [2.45, 2.75) is 13.1 Å². The number of carbonyl (C=O) groups is 1. The summed E-state index contributed by atoms with van der Waals surface area (Å²) < 4.78 is 2.04. The zero-order valence-electron chi connectivity index (χ0n) is 9.39. The number of nitrogens with one attached hydrogen (secondary N) is 1. The van der Waals surface area contributed by atoms with Crippen molar-refractivity contribution in [3.8, 4) is 11.1 Å². The number of aldehydes is 1. The molecule has 17 heavy (non-hydrogen) atoms. The van der Waals surface area contributed by atoms with Crippen LogP contribution in [0.5, 0.6) is 0 Å². The van der Waals surface area contributed by atoms with E-state index in [-0.39, 0.29) is 0 Å². The van der Waals surface area contributed by atoms with Crippen LogP contribution in [0.15, 0.2) is 30.5 Å². The van der Waals surface area contributed by atoms with Gasteiger partial charge in [0.05, 0.1) is 18.4 Å². The van der Waals surface area contributed by atoms with E-state index in [1.54, 1.807) is 0 Å². The van der Waals surface area contributed by atoms with Gasteiger partial charge in [-0.2, -0.15) is 5.10 Å². The number of nitrogens with zero attached hydrogens (tertiary/aromatic N) is 2. The SMILES string of the molecule is O=Cc1ccc(-c2cnn3c2CNCC3)cc1. The fourth-order valence-corrected chi connectivity index (χ4v) is 2.16. The maximum absolute atomic E-state index is 10.6. The third-order valence-electron chi connectivity index (χ3n) is 3.10. The van der Waals surface area contributed by atoms with Gasteiger partial charge in [0.1, 0.15) is 6.29 Å². The van der Waals surface area contributed by atoms with Crippen LogP contribution < -0.4 is 5.32 Å². The quantitative estimate of drug-likeness (QED) is 0.790. The largest absolute Gasteiger partial charge is 0.309 e. The first kappa shape index (κ1) is 10.2. The second kappa shape index (κ2) is 4.14. The summed E-state index contributed by atoms with van der Waals surface area (Å²) in [5.41, 5.74) is 4.18. The molecule has 4 nitrogen and oxygen atoms in total. The summed E-state index contributed by atoms with van der Waals surface area (Å²) in [5, 5.41) is 7.73. The molecular formula is C13H13N3O. The first-order chi connectivity index (χ1) is 8.38. The Labute approximate surface area is 99.3 Å². The van der Waals surface area contributed by atoms with Crippen LogP contribution in [0.3, 0.4) is 0 Å². The fourth-order valence-electron chi connectivity index (χ4n) is 2.16. The van der Waals surface area contributed by atoms with Crippen LogP contribution in [0.1, 0.15) is 16.1 Å². The van der Waals surface area contributed by atoms with Crippen molar-refractivity contribution in [1.82, 2.24) is 15.1 Å². The Morgan fingerprint density at radius 3 is 2.88 bits per heavy atom. The third-order valence-corrected chi connectivity index (χ3v) is 3.10. The normalized spacial score (nSPS) is 14.4. The fraction of sp³-hybridized carbons (Fsp3) is 0.231. The van der Waals surface area contributed by atoms with Crippen LogP contribution in [-0.4, -0.2) is 22.6 Å². The molecular weight excluding hydrogens is 214 g/mol. The molecule has 1 aromatic carbocycles. The predicted octanol–water partition coefficient (Wildman–Crippen LogP) is 1.47. The second-order valence-electron chi connectivity index (χ2n) is 4.14. The van der Waals surface area contributed by atoms with Gasteiger partial charge < -0.3 is 5.32 Å². The van der Waals surface area contributed by atoms with Crippen molar-refractivity contribution < 1.29 is 4.79 Å². The maximum atomic E-state index is 10.6. The van der Waals surface area contributed by atoms with Crippen LogP contribution in [0.2, 0.25) is 0 Å². The topological polar surface area (TPSA) is 46.9 Å². The molecule has 0 saturated heterocycles. The molecule has 0 amide bonds. The molecule has 0 aliphatic carbocycles. The van der Waals surface area contributed by atoms with Crippen molar-refractivity contribution >= 4 is 6.29 Å². The van der Waals surface area contributed by atoms with Gasteiger partial charge in [-0.1, -0.05) is 24.3 Å². The Hall–Kier alpha value is -1.94. The molecule has 1 N–H and O–H groups in total. The van der Waals surface area contributed by atoms with Crippen LogP contribution in [0.4, 0.5) is 0 Å². The van der Waals surface area contributed by atoms with E-state index in [0.717, 1.165) is 37.0 Å². The van der Waals surface area contributed by atoms with Crippen molar-refractivity contribution in [3.05, 3.63) is 41.7 Å². The average Bonchev–Trinajstić information content (AvgIpc) is 2.83. The zero-order valence-corrected chi connectivity index (χ0v) is 9.39. The van der Waals surface area contributed by atoms with Gasteiger partial charge in [-0.15, -0.1) is 0 Å². The van der Waals surface area contributed by atoms with Gasteiger partial charge in [0.25, 0.3) is 0 Å². The Balaban J connectivity index is 2.02. The molecule has 0 spiro atoms. The number of hydrogen-bond acceptors (Lipinski definition) is 3. The second-order valence-corrected chi connectivity index (χ2v) is 4.14. The number of hydrogen-bond donors (Lipinski definition) is 1. The van der Waals surface area contributed by atoms with E-state index in [1.807, 2.05) is 35.1 Å². The zero-order chi connectivity index (χ0) is 11.7. The molecule has 3 rings (SSSR count). The average molecular weight is 227 g/mol.